The molecule has 0 aliphatic carbocycles. The smallest absolute Gasteiger partial charge is 0.311 e. The van der Waals surface area contributed by atoms with Crippen molar-refractivity contribution < 1.29 is 9.53 Å². The Kier molecular flexibility index (Phi) is 11.0. The van der Waals surface area contributed by atoms with Crippen LogP contribution in [0.2, 0.25) is 0 Å². The first-order valence-electron chi connectivity index (χ1n) is 11.2. The SMILES string of the molecule is CN(C)Cc1ccc(OC(=O)CCCCCC(C)(C)C)c(CN(C)C)c1CN(C)C. The lowest BCUT2D eigenvalue weighted by Crippen LogP contribution is -2.22. The van der Waals surface area contributed by atoms with E-state index in [0.717, 1.165) is 44.5 Å². The zero-order valence-electron chi connectivity index (χ0n) is 21.0. The summed E-state index contributed by atoms with van der Waals surface area (Å²) in [4.78, 5) is 19.0. The lowest BCUT2D eigenvalue weighted by molar-refractivity contribution is -0.134. The minimum atomic E-state index is -0.123. The lowest BCUT2D eigenvalue weighted by atomic mass is 9.89. The van der Waals surface area contributed by atoms with Crippen LogP contribution in [0.4, 0.5) is 0 Å². The standard InChI is InChI=1S/C25H45N3O2/c1-25(2,3)16-12-10-11-13-24(29)30-23-15-14-20(17-26(4)5)21(18-27(6)7)22(23)19-28(8)9/h14-15H,10-13,16-19H2,1-9H3. The summed E-state index contributed by atoms with van der Waals surface area (Å²) < 4.78 is 5.88. The van der Waals surface area contributed by atoms with Crippen molar-refractivity contribution in [3.8, 4) is 5.75 Å². The number of esters is 1. The molecule has 0 spiro atoms. The highest BCUT2D eigenvalue weighted by Crippen LogP contribution is 2.29. The Bertz CT molecular complexity index is 661. The number of ether oxygens (including phenoxy) is 1. The largest absolute Gasteiger partial charge is 0.426 e. The van der Waals surface area contributed by atoms with Crippen LogP contribution >= 0.6 is 0 Å². The average molecular weight is 420 g/mol. The van der Waals surface area contributed by atoms with Gasteiger partial charge < -0.3 is 19.4 Å². The van der Waals surface area contributed by atoms with Crippen molar-refractivity contribution in [2.75, 3.05) is 42.3 Å². The molecule has 0 saturated heterocycles. The predicted molar refractivity (Wildman–Crippen MR) is 127 cm³/mol. The summed E-state index contributed by atoms with van der Waals surface area (Å²) in [5.41, 5.74) is 4.03. The summed E-state index contributed by atoms with van der Waals surface area (Å²) in [5.74, 6) is 0.588. The molecule has 0 saturated carbocycles. The summed E-state index contributed by atoms with van der Waals surface area (Å²) in [6, 6.07) is 4.10. The fourth-order valence-corrected chi connectivity index (χ4v) is 3.58. The van der Waals surface area contributed by atoms with Crippen LogP contribution in [0.3, 0.4) is 0 Å². The number of carbonyl (C=O) groups is 1. The Labute approximate surface area is 185 Å². The third-order valence-electron chi connectivity index (χ3n) is 4.95. The Balaban J connectivity index is 2.94. The minimum absolute atomic E-state index is 0.123. The van der Waals surface area contributed by atoms with E-state index in [0.29, 0.717) is 17.6 Å². The highest BCUT2D eigenvalue weighted by Gasteiger charge is 2.18. The fraction of sp³-hybridized carbons (Fsp3) is 0.720. The first-order valence-corrected chi connectivity index (χ1v) is 11.2. The van der Waals surface area contributed by atoms with Crippen molar-refractivity contribution in [2.45, 2.75) is 72.5 Å². The minimum Gasteiger partial charge on any atom is -0.426 e. The first kappa shape index (κ1) is 26.6. The van der Waals surface area contributed by atoms with Crippen LogP contribution in [-0.2, 0) is 24.4 Å². The molecule has 5 nitrogen and oxygen atoms in total. The molecule has 0 heterocycles. The van der Waals surface area contributed by atoms with Gasteiger partial charge in [-0.15, -0.1) is 0 Å². The third kappa shape index (κ3) is 10.6. The molecule has 0 amide bonds. The number of unbranched alkanes of at least 4 members (excludes halogenated alkanes) is 2. The van der Waals surface area contributed by atoms with Crippen LogP contribution in [0.5, 0.6) is 5.75 Å². The third-order valence-corrected chi connectivity index (χ3v) is 4.95. The molecule has 0 fully saturated rings. The molecule has 1 aromatic rings. The van der Waals surface area contributed by atoms with Gasteiger partial charge in [0.25, 0.3) is 0 Å². The van der Waals surface area contributed by atoms with Gasteiger partial charge in [0, 0.05) is 31.6 Å². The molecular weight excluding hydrogens is 374 g/mol. The van der Waals surface area contributed by atoms with E-state index in [1.807, 2.05) is 6.07 Å². The highest BCUT2D eigenvalue weighted by atomic mass is 16.5. The monoisotopic (exact) mass is 419 g/mol. The second-order valence-corrected chi connectivity index (χ2v) is 10.5. The van der Waals surface area contributed by atoms with Crippen LogP contribution in [0.1, 0.15) is 69.6 Å². The van der Waals surface area contributed by atoms with Crippen LogP contribution in [0, 0.1) is 5.41 Å². The second kappa shape index (κ2) is 12.4. The van der Waals surface area contributed by atoms with Gasteiger partial charge in [0.1, 0.15) is 5.75 Å². The molecule has 0 radical (unpaired) electrons. The number of hydrogen-bond acceptors (Lipinski definition) is 5. The molecular formula is C25H45N3O2. The van der Waals surface area contributed by atoms with E-state index < -0.39 is 0 Å². The molecule has 0 aliphatic rings. The highest BCUT2D eigenvalue weighted by molar-refractivity contribution is 5.73. The van der Waals surface area contributed by atoms with Gasteiger partial charge in [-0.05, 0) is 77.7 Å². The molecule has 0 unspecified atom stereocenters. The molecule has 0 bridgehead atoms. The van der Waals surface area contributed by atoms with Crippen LogP contribution in [0.25, 0.3) is 0 Å². The molecule has 1 rings (SSSR count). The van der Waals surface area contributed by atoms with E-state index in [2.05, 4.69) is 83.8 Å². The van der Waals surface area contributed by atoms with Crippen LogP contribution in [-0.4, -0.2) is 63.0 Å². The number of hydrogen-bond donors (Lipinski definition) is 0. The Morgan fingerprint density at radius 1 is 0.800 bits per heavy atom. The van der Waals surface area contributed by atoms with Gasteiger partial charge in [-0.1, -0.05) is 39.7 Å². The summed E-state index contributed by atoms with van der Waals surface area (Å²) in [7, 11) is 12.4. The number of nitrogens with zero attached hydrogens (tertiary/aromatic N) is 3. The Morgan fingerprint density at radius 2 is 1.37 bits per heavy atom. The maximum atomic E-state index is 12.6. The summed E-state index contributed by atoms with van der Waals surface area (Å²) in [5, 5.41) is 0. The van der Waals surface area contributed by atoms with E-state index in [1.54, 1.807) is 0 Å². The molecule has 5 heteroatoms. The normalized spacial score (nSPS) is 12.3. The van der Waals surface area contributed by atoms with E-state index in [1.165, 1.54) is 17.5 Å². The van der Waals surface area contributed by atoms with E-state index in [9.17, 15) is 4.79 Å². The van der Waals surface area contributed by atoms with Crippen molar-refractivity contribution in [2.24, 2.45) is 5.41 Å². The number of benzene rings is 1. The number of carbonyl (C=O) groups excluding carboxylic acids is 1. The van der Waals surface area contributed by atoms with Crippen molar-refractivity contribution in [3.63, 3.8) is 0 Å². The predicted octanol–water partition coefficient (Wildman–Crippen LogP) is 4.77. The van der Waals surface area contributed by atoms with Gasteiger partial charge in [-0.3, -0.25) is 4.79 Å². The quantitative estimate of drug-likeness (QED) is 0.277. The van der Waals surface area contributed by atoms with E-state index in [4.69, 9.17) is 4.74 Å². The van der Waals surface area contributed by atoms with Gasteiger partial charge in [-0.25, -0.2) is 0 Å². The fourth-order valence-electron chi connectivity index (χ4n) is 3.58. The van der Waals surface area contributed by atoms with Crippen molar-refractivity contribution in [1.82, 2.24) is 14.7 Å². The average Bonchev–Trinajstić information content (AvgIpc) is 2.57. The summed E-state index contributed by atoms with van der Waals surface area (Å²) in [6.07, 6.45) is 4.80. The van der Waals surface area contributed by atoms with Crippen molar-refractivity contribution in [1.29, 1.82) is 0 Å². The Hall–Kier alpha value is -1.43. The number of rotatable bonds is 12. The maximum absolute atomic E-state index is 12.6. The van der Waals surface area contributed by atoms with Gasteiger partial charge in [0.05, 0.1) is 0 Å². The zero-order chi connectivity index (χ0) is 22.9. The molecule has 172 valence electrons. The van der Waals surface area contributed by atoms with E-state index in [-0.39, 0.29) is 5.97 Å². The van der Waals surface area contributed by atoms with Gasteiger partial charge in [0.15, 0.2) is 0 Å². The molecule has 30 heavy (non-hydrogen) atoms. The van der Waals surface area contributed by atoms with Gasteiger partial charge >= 0.3 is 5.97 Å². The van der Waals surface area contributed by atoms with Gasteiger partial charge in [0.2, 0.25) is 0 Å². The maximum Gasteiger partial charge on any atom is 0.311 e. The zero-order valence-corrected chi connectivity index (χ0v) is 21.0. The molecule has 0 N–H and O–H groups in total. The van der Waals surface area contributed by atoms with Crippen molar-refractivity contribution in [3.05, 3.63) is 28.8 Å². The summed E-state index contributed by atoms with van der Waals surface area (Å²) >= 11 is 0. The molecule has 1 aromatic carbocycles. The summed E-state index contributed by atoms with van der Waals surface area (Å²) in [6.45, 7) is 9.23. The molecule has 0 aliphatic heterocycles. The van der Waals surface area contributed by atoms with Crippen LogP contribution < -0.4 is 4.74 Å². The lowest BCUT2D eigenvalue weighted by Gasteiger charge is -2.24. The first-order chi connectivity index (χ1) is 13.9. The molecule has 0 atom stereocenters. The Morgan fingerprint density at radius 3 is 1.90 bits per heavy atom. The van der Waals surface area contributed by atoms with Gasteiger partial charge in [-0.2, -0.15) is 0 Å². The van der Waals surface area contributed by atoms with Crippen molar-refractivity contribution >= 4 is 5.97 Å². The van der Waals surface area contributed by atoms with Crippen LogP contribution in [0.15, 0.2) is 12.1 Å². The second-order valence-electron chi connectivity index (χ2n) is 10.5. The van der Waals surface area contributed by atoms with E-state index >= 15 is 0 Å². The molecule has 0 aromatic heterocycles. The topological polar surface area (TPSA) is 36.0 Å².